The van der Waals surface area contributed by atoms with Crippen molar-refractivity contribution >= 4 is 17.6 Å². The van der Waals surface area contributed by atoms with Crippen LogP contribution in [-0.2, 0) is 0 Å². The summed E-state index contributed by atoms with van der Waals surface area (Å²) in [5.74, 6) is 1.87. The van der Waals surface area contributed by atoms with Gasteiger partial charge >= 0.3 is 0 Å². The molecule has 1 aromatic rings. The number of thioether (sulfide) groups is 1. The van der Waals surface area contributed by atoms with E-state index in [9.17, 15) is 0 Å². The Kier molecular flexibility index (Phi) is 3.85. The van der Waals surface area contributed by atoms with Gasteiger partial charge in [0, 0.05) is 11.8 Å². The number of aryl methyl sites for hydroxylation is 1. The Hall–Kier alpha value is -1.28. The maximum Gasteiger partial charge on any atom is 0.166 e. The van der Waals surface area contributed by atoms with Gasteiger partial charge in [-0.2, -0.15) is 22.1 Å². The number of aromatic nitrogens is 2. The van der Waals surface area contributed by atoms with Gasteiger partial charge in [-0.25, -0.2) is 0 Å². The minimum absolute atomic E-state index is 0.625. The number of nitriles is 1. The van der Waals surface area contributed by atoms with E-state index in [0.717, 1.165) is 17.8 Å². The smallest absolute Gasteiger partial charge is 0.166 e. The molecule has 0 amide bonds. The zero-order valence-corrected chi connectivity index (χ0v) is 11.0. The van der Waals surface area contributed by atoms with Crippen molar-refractivity contribution < 1.29 is 0 Å². The summed E-state index contributed by atoms with van der Waals surface area (Å²) in [6, 6.07) is 2.21. The minimum atomic E-state index is 0.625. The molecule has 0 bridgehead atoms. The highest BCUT2D eigenvalue weighted by atomic mass is 32.2. The van der Waals surface area contributed by atoms with Crippen molar-refractivity contribution in [2.75, 3.05) is 17.6 Å². The summed E-state index contributed by atoms with van der Waals surface area (Å²) in [7, 11) is 0. The molecule has 1 unspecified atom stereocenters. The molecule has 90 valence electrons. The monoisotopic (exact) mass is 248 g/mol. The van der Waals surface area contributed by atoms with Gasteiger partial charge in [-0.3, -0.25) is 0 Å². The molecule has 1 fully saturated rings. The lowest BCUT2D eigenvalue weighted by Crippen LogP contribution is -2.16. The van der Waals surface area contributed by atoms with Gasteiger partial charge < -0.3 is 5.32 Å². The topological polar surface area (TPSA) is 61.6 Å². The van der Waals surface area contributed by atoms with Gasteiger partial charge in [0.05, 0.1) is 5.69 Å². The lowest BCUT2D eigenvalue weighted by Gasteiger charge is -2.12. The molecule has 1 N–H and O–H groups in total. The average Bonchev–Trinajstić information content (AvgIpc) is 2.83. The molecule has 2 heterocycles. The Morgan fingerprint density at radius 2 is 2.29 bits per heavy atom. The lowest BCUT2D eigenvalue weighted by molar-refractivity contribution is 0.799. The maximum atomic E-state index is 9.15. The molecule has 0 aliphatic carbocycles. The number of nitrogens with zero attached hydrogens (tertiary/aromatic N) is 3. The molecule has 4 nitrogen and oxygen atoms in total. The van der Waals surface area contributed by atoms with Crippen molar-refractivity contribution in [2.45, 2.75) is 31.9 Å². The van der Waals surface area contributed by atoms with Gasteiger partial charge in [-0.15, -0.1) is 5.10 Å². The molecule has 0 radical (unpaired) electrons. The SMILES string of the molecule is Cc1nnc(NCC2CCCS2)c(C#N)c1C. The van der Waals surface area contributed by atoms with Crippen LogP contribution in [0, 0.1) is 25.2 Å². The summed E-state index contributed by atoms with van der Waals surface area (Å²) < 4.78 is 0. The fourth-order valence-electron chi connectivity index (χ4n) is 1.88. The van der Waals surface area contributed by atoms with E-state index in [1.165, 1.54) is 18.6 Å². The highest BCUT2D eigenvalue weighted by molar-refractivity contribution is 8.00. The van der Waals surface area contributed by atoms with Crippen LogP contribution in [0.25, 0.3) is 0 Å². The fourth-order valence-corrected chi connectivity index (χ4v) is 3.09. The van der Waals surface area contributed by atoms with Crippen LogP contribution in [0.1, 0.15) is 29.7 Å². The minimum Gasteiger partial charge on any atom is -0.366 e. The Bertz CT molecular complexity index is 447. The third-order valence-corrected chi connectivity index (χ3v) is 4.49. The van der Waals surface area contributed by atoms with E-state index in [2.05, 4.69) is 21.6 Å². The normalized spacial score (nSPS) is 19.0. The second-order valence-electron chi connectivity index (χ2n) is 4.26. The molecular formula is C12H16N4S. The third kappa shape index (κ3) is 2.70. The Morgan fingerprint density at radius 1 is 1.47 bits per heavy atom. The zero-order valence-electron chi connectivity index (χ0n) is 10.2. The van der Waals surface area contributed by atoms with Crippen molar-refractivity contribution in [3.8, 4) is 6.07 Å². The number of hydrogen-bond acceptors (Lipinski definition) is 5. The second kappa shape index (κ2) is 5.37. The second-order valence-corrected chi connectivity index (χ2v) is 5.67. The Balaban J connectivity index is 2.10. The van der Waals surface area contributed by atoms with E-state index in [4.69, 9.17) is 5.26 Å². The molecule has 1 saturated heterocycles. The molecule has 1 aliphatic heterocycles. The standard InChI is InChI=1S/C12H16N4S/c1-8-9(2)15-16-12(11(8)6-13)14-7-10-4-3-5-17-10/h10H,3-5,7H2,1-2H3,(H,14,16). The van der Waals surface area contributed by atoms with Crippen LogP contribution in [-0.4, -0.2) is 27.7 Å². The van der Waals surface area contributed by atoms with E-state index < -0.39 is 0 Å². The van der Waals surface area contributed by atoms with Crippen molar-refractivity contribution in [3.05, 3.63) is 16.8 Å². The zero-order chi connectivity index (χ0) is 12.3. The van der Waals surface area contributed by atoms with Crippen LogP contribution in [0.3, 0.4) is 0 Å². The van der Waals surface area contributed by atoms with Gasteiger partial charge in [0.15, 0.2) is 5.82 Å². The molecule has 0 spiro atoms. The van der Waals surface area contributed by atoms with Gasteiger partial charge in [0.1, 0.15) is 11.6 Å². The first-order chi connectivity index (χ1) is 8.22. The van der Waals surface area contributed by atoms with Crippen LogP contribution < -0.4 is 5.32 Å². The number of hydrogen-bond donors (Lipinski definition) is 1. The summed E-state index contributed by atoms with van der Waals surface area (Å²) in [6.07, 6.45) is 2.54. The fraction of sp³-hybridized carbons (Fsp3) is 0.583. The van der Waals surface area contributed by atoms with Crippen LogP contribution in [0.15, 0.2) is 0 Å². The Labute approximate surface area is 106 Å². The highest BCUT2D eigenvalue weighted by Crippen LogP contribution is 2.26. The molecule has 2 rings (SSSR count). The third-order valence-electron chi connectivity index (χ3n) is 3.09. The summed E-state index contributed by atoms with van der Waals surface area (Å²) in [4.78, 5) is 0. The highest BCUT2D eigenvalue weighted by Gasteiger charge is 2.17. The number of anilines is 1. The first-order valence-electron chi connectivity index (χ1n) is 5.82. The van der Waals surface area contributed by atoms with Crippen LogP contribution in [0.2, 0.25) is 0 Å². The van der Waals surface area contributed by atoms with Crippen LogP contribution in [0.4, 0.5) is 5.82 Å². The molecule has 1 aromatic heterocycles. The Morgan fingerprint density at radius 3 is 2.94 bits per heavy atom. The van der Waals surface area contributed by atoms with Crippen molar-refractivity contribution in [1.82, 2.24) is 10.2 Å². The largest absolute Gasteiger partial charge is 0.366 e. The first-order valence-corrected chi connectivity index (χ1v) is 6.86. The number of nitrogens with one attached hydrogen (secondary N) is 1. The van der Waals surface area contributed by atoms with Gasteiger partial charge in [-0.1, -0.05) is 0 Å². The van der Waals surface area contributed by atoms with E-state index in [1.807, 2.05) is 25.6 Å². The average molecular weight is 248 g/mol. The molecular weight excluding hydrogens is 232 g/mol. The summed E-state index contributed by atoms with van der Waals surface area (Å²) in [6.45, 7) is 4.66. The first kappa shape index (κ1) is 12.2. The lowest BCUT2D eigenvalue weighted by atomic mass is 10.1. The molecule has 0 aromatic carbocycles. The van der Waals surface area contributed by atoms with Crippen molar-refractivity contribution in [1.29, 1.82) is 5.26 Å². The molecule has 1 aliphatic rings. The molecule has 1 atom stereocenters. The molecule has 17 heavy (non-hydrogen) atoms. The number of rotatable bonds is 3. The van der Waals surface area contributed by atoms with E-state index in [0.29, 0.717) is 16.6 Å². The predicted molar refractivity (Wildman–Crippen MR) is 70.2 cm³/mol. The van der Waals surface area contributed by atoms with E-state index in [-0.39, 0.29) is 0 Å². The predicted octanol–water partition coefficient (Wildman–Crippen LogP) is 2.27. The van der Waals surface area contributed by atoms with E-state index >= 15 is 0 Å². The van der Waals surface area contributed by atoms with Gasteiger partial charge in [0.2, 0.25) is 0 Å². The van der Waals surface area contributed by atoms with E-state index in [1.54, 1.807) is 0 Å². The summed E-state index contributed by atoms with van der Waals surface area (Å²) >= 11 is 1.99. The van der Waals surface area contributed by atoms with Crippen molar-refractivity contribution in [3.63, 3.8) is 0 Å². The molecule has 5 heteroatoms. The van der Waals surface area contributed by atoms with Gasteiger partial charge in [0.25, 0.3) is 0 Å². The molecule has 0 saturated carbocycles. The van der Waals surface area contributed by atoms with Crippen LogP contribution in [0.5, 0.6) is 0 Å². The maximum absolute atomic E-state index is 9.15. The summed E-state index contributed by atoms with van der Waals surface area (Å²) in [5.41, 5.74) is 2.37. The van der Waals surface area contributed by atoms with Gasteiger partial charge in [-0.05, 0) is 38.0 Å². The quantitative estimate of drug-likeness (QED) is 0.889. The summed E-state index contributed by atoms with van der Waals surface area (Å²) in [5, 5.41) is 21.2. The van der Waals surface area contributed by atoms with Crippen molar-refractivity contribution in [2.24, 2.45) is 0 Å². The van der Waals surface area contributed by atoms with Crippen LogP contribution >= 0.6 is 11.8 Å².